The topological polar surface area (TPSA) is 122 Å². The summed E-state index contributed by atoms with van der Waals surface area (Å²) < 4.78 is 5.56. The third-order valence-electron chi connectivity index (χ3n) is 5.11. The summed E-state index contributed by atoms with van der Waals surface area (Å²) >= 11 is 0. The maximum atomic E-state index is 13.1. The largest absolute Gasteiger partial charge is 0.492 e. The second-order valence-electron chi connectivity index (χ2n) is 7.09. The minimum absolute atomic E-state index is 0.0216. The predicted molar refractivity (Wildman–Crippen MR) is 110 cm³/mol. The van der Waals surface area contributed by atoms with E-state index in [1.54, 1.807) is 18.2 Å². The van der Waals surface area contributed by atoms with Gasteiger partial charge >= 0.3 is 0 Å². The number of hydrogen-bond donors (Lipinski definition) is 3. The molecule has 9 heteroatoms. The van der Waals surface area contributed by atoms with Gasteiger partial charge < -0.3 is 26.0 Å². The summed E-state index contributed by atoms with van der Waals surface area (Å²) in [6.07, 6.45) is 2.11. The van der Waals surface area contributed by atoms with Crippen LogP contribution in [0.15, 0.2) is 24.3 Å². The minimum atomic E-state index is -0.777. The van der Waals surface area contributed by atoms with Gasteiger partial charge in [0.1, 0.15) is 17.4 Å². The standard InChI is InChI=1S/C20H24N6O3/c1-2-29-14-8-4-3-7-13(14)22-19(28)12-11-15(27)23-18-16(12)17(21)24-20(25-18)26-9-5-6-10-26/h3-4,7-8,12H,2,5-6,9-11H2,1H3,(H,22,28)(H3,21,23,24,25,27)/t12-/m1/s1. The highest BCUT2D eigenvalue weighted by Gasteiger charge is 2.35. The van der Waals surface area contributed by atoms with E-state index in [4.69, 9.17) is 10.5 Å². The Morgan fingerprint density at radius 1 is 1.31 bits per heavy atom. The lowest BCUT2D eigenvalue weighted by Gasteiger charge is -2.27. The molecule has 4 rings (SSSR count). The molecule has 4 N–H and O–H groups in total. The van der Waals surface area contributed by atoms with Crippen molar-refractivity contribution >= 4 is 35.1 Å². The maximum absolute atomic E-state index is 13.1. The number of nitrogen functional groups attached to an aromatic ring is 1. The van der Waals surface area contributed by atoms with Gasteiger partial charge in [0.2, 0.25) is 17.8 Å². The third kappa shape index (κ3) is 3.80. The summed E-state index contributed by atoms with van der Waals surface area (Å²) in [7, 11) is 0. The van der Waals surface area contributed by atoms with Gasteiger partial charge in [0.25, 0.3) is 0 Å². The lowest BCUT2D eigenvalue weighted by atomic mass is 9.92. The quantitative estimate of drug-likeness (QED) is 0.707. The van der Waals surface area contributed by atoms with E-state index in [9.17, 15) is 9.59 Å². The van der Waals surface area contributed by atoms with Crippen molar-refractivity contribution in [2.24, 2.45) is 0 Å². The molecule has 1 saturated heterocycles. The molecule has 2 aromatic rings. The molecule has 1 aromatic carbocycles. The summed E-state index contributed by atoms with van der Waals surface area (Å²) in [5, 5.41) is 5.60. The van der Waals surface area contributed by atoms with E-state index in [0.717, 1.165) is 25.9 Å². The number of carbonyl (C=O) groups is 2. The van der Waals surface area contributed by atoms with Crippen LogP contribution in [-0.4, -0.2) is 41.5 Å². The van der Waals surface area contributed by atoms with Crippen LogP contribution in [-0.2, 0) is 9.59 Å². The fraction of sp³-hybridized carbons (Fsp3) is 0.400. The zero-order chi connectivity index (χ0) is 20.4. The summed E-state index contributed by atoms with van der Waals surface area (Å²) in [5.74, 6) is 0.183. The van der Waals surface area contributed by atoms with Crippen LogP contribution in [0.5, 0.6) is 5.75 Å². The predicted octanol–water partition coefficient (Wildman–Crippen LogP) is 2.12. The SMILES string of the molecule is CCOc1ccccc1NC(=O)[C@@H]1CC(=O)Nc2nc(N3CCCC3)nc(N)c21. The number of nitrogens with two attached hydrogens (primary N) is 1. The molecule has 1 aromatic heterocycles. The fourth-order valence-electron chi connectivity index (χ4n) is 3.74. The molecule has 0 radical (unpaired) electrons. The monoisotopic (exact) mass is 396 g/mol. The number of amides is 2. The molecule has 152 valence electrons. The van der Waals surface area contributed by atoms with Crippen LogP contribution in [0, 0.1) is 0 Å². The van der Waals surface area contributed by atoms with E-state index in [1.807, 2.05) is 17.9 Å². The van der Waals surface area contributed by atoms with Crippen LogP contribution in [0.1, 0.15) is 37.7 Å². The zero-order valence-electron chi connectivity index (χ0n) is 16.3. The van der Waals surface area contributed by atoms with Crippen molar-refractivity contribution in [1.82, 2.24) is 9.97 Å². The average Bonchev–Trinajstić information content (AvgIpc) is 3.23. The lowest BCUT2D eigenvalue weighted by molar-refractivity contribution is -0.123. The Balaban J connectivity index is 1.64. The molecule has 0 aliphatic carbocycles. The van der Waals surface area contributed by atoms with Crippen molar-refractivity contribution in [2.45, 2.75) is 32.1 Å². The van der Waals surface area contributed by atoms with Crippen LogP contribution >= 0.6 is 0 Å². The average molecular weight is 396 g/mol. The first kappa shape index (κ1) is 19.0. The first-order chi connectivity index (χ1) is 14.1. The van der Waals surface area contributed by atoms with Crippen molar-refractivity contribution in [2.75, 3.05) is 41.0 Å². The summed E-state index contributed by atoms with van der Waals surface area (Å²) in [5.41, 5.74) is 7.22. The van der Waals surface area contributed by atoms with Crippen LogP contribution in [0.2, 0.25) is 0 Å². The number of ether oxygens (including phenoxy) is 1. The molecule has 2 aliphatic rings. The van der Waals surface area contributed by atoms with Crippen molar-refractivity contribution < 1.29 is 14.3 Å². The molecule has 9 nitrogen and oxygen atoms in total. The lowest BCUT2D eigenvalue weighted by Crippen LogP contribution is -2.33. The molecular weight excluding hydrogens is 372 g/mol. The summed E-state index contributed by atoms with van der Waals surface area (Å²) in [4.78, 5) is 36.3. The molecule has 2 amide bonds. The van der Waals surface area contributed by atoms with E-state index >= 15 is 0 Å². The number of fused-ring (bicyclic) bond motifs is 1. The van der Waals surface area contributed by atoms with Gasteiger partial charge in [-0.2, -0.15) is 9.97 Å². The number of benzene rings is 1. The molecular formula is C20H24N6O3. The van der Waals surface area contributed by atoms with Gasteiger partial charge in [-0.05, 0) is 31.9 Å². The van der Waals surface area contributed by atoms with Crippen molar-refractivity contribution in [3.8, 4) is 5.75 Å². The molecule has 2 aliphatic heterocycles. The van der Waals surface area contributed by atoms with Crippen LogP contribution in [0.4, 0.5) is 23.3 Å². The van der Waals surface area contributed by atoms with E-state index in [0.29, 0.717) is 35.4 Å². The van der Waals surface area contributed by atoms with Gasteiger partial charge in [0, 0.05) is 19.5 Å². The summed E-state index contributed by atoms with van der Waals surface area (Å²) in [6.45, 7) is 4.05. The number of anilines is 4. The molecule has 0 spiro atoms. The molecule has 29 heavy (non-hydrogen) atoms. The Morgan fingerprint density at radius 3 is 2.83 bits per heavy atom. The van der Waals surface area contributed by atoms with Crippen LogP contribution in [0.3, 0.4) is 0 Å². The smallest absolute Gasteiger partial charge is 0.232 e. The number of para-hydroxylation sites is 2. The Bertz CT molecular complexity index is 942. The highest BCUT2D eigenvalue weighted by Crippen LogP contribution is 2.37. The maximum Gasteiger partial charge on any atom is 0.232 e. The second-order valence-corrected chi connectivity index (χ2v) is 7.09. The van der Waals surface area contributed by atoms with Gasteiger partial charge in [-0.25, -0.2) is 0 Å². The molecule has 1 atom stereocenters. The van der Waals surface area contributed by atoms with Gasteiger partial charge in [-0.15, -0.1) is 0 Å². The van der Waals surface area contributed by atoms with E-state index in [2.05, 4.69) is 20.6 Å². The number of aromatic nitrogens is 2. The zero-order valence-corrected chi connectivity index (χ0v) is 16.3. The van der Waals surface area contributed by atoms with Crippen LogP contribution < -0.4 is 26.0 Å². The molecule has 3 heterocycles. The van der Waals surface area contributed by atoms with Crippen molar-refractivity contribution in [1.29, 1.82) is 0 Å². The molecule has 1 fully saturated rings. The summed E-state index contributed by atoms with van der Waals surface area (Å²) in [6, 6.07) is 7.17. The van der Waals surface area contributed by atoms with Crippen molar-refractivity contribution in [3.05, 3.63) is 29.8 Å². The fourth-order valence-corrected chi connectivity index (χ4v) is 3.74. The number of carbonyl (C=O) groups excluding carboxylic acids is 2. The van der Waals surface area contributed by atoms with Gasteiger partial charge in [-0.1, -0.05) is 12.1 Å². The number of rotatable bonds is 5. The first-order valence-electron chi connectivity index (χ1n) is 9.81. The Labute approximate surface area is 168 Å². The second kappa shape index (κ2) is 7.94. The Kier molecular flexibility index (Phi) is 5.20. The molecule has 0 saturated carbocycles. The minimum Gasteiger partial charge on any atom is -0.492 e. The van der Waals surface area contributed by atoms with Gasteiger partial charge in [-0.3, -0.25) is 9.59 Å². The van der Waals surface area contributed by atoms with E-state index in [-0.39, 0.29) is 24.1 Å². The first-order valence-corrected chi connectivity index (χ1v) is 9.81. The molecule has 0 bridgehead atoms. The van der Waals surface area contributed by atoms with E-state index < -0.39 is 5.92 Å². The van der Waals surface area contributed by atoms with Gasteiger partial charge in [0.05, 0.1) is 23.8 Å². The number of hydrogen-bond acceptors (Lipinski definition) is 7. The van der Waals surface area contributed by atoms with Gasteiger partial charge in [0.15, 0.2) is 0 Å². The third-order valence-corrected chi connectivity index (χ3v) is 5.11. The van der Waals surface area contributed by atoms with Crippen LogP contribution in [0.25, 0.3) is 0 Å². The number of nitrogens with zero attached hydrogens (tertiary/aromatic N) is 3. The Morgan fingerprint density at radius 2 is 2.07 bits per heavy atom. The Hall–Kier alpha value is -3.36. The molecule has 0 unspecified atom stereocenters. The highest BCUT2D eigenvalue weighted by molar-refractivity contribution is 6.06. The van der Waals surface area contributed by atoms with Crippen molar-refractivity contribution in [3.63, 3.8) is 0 Å². The van der Waals surface area contributed by atoms with E-state index in [1.165, 1.54) is 0 Å². The highest BCUT2D eigenvalue weighted by atomic mass is 16.5. The normalized spacial score (nSPS) is 18.2. The number of nitrogens with one attached hydrogen (secondary N) is 2.